The molecule has 0 saturated carbocycles. The van der Waals surface area contributed by atoms with Gasteiger partial charge in [0.2, 0.25) is 0 Å². The van der Waals surface area contributed by atoms with Gasteiger partial charge < -0.3 is 14.9 Å². The summed E-state index contributed by atoms with van der Waals surface area (Å²) in [5, 5.41) is 5.46. The Morgan fingerprint density at radius 2 is 0.918 bits per heavy atom. The predicted molar refractivity (Wildman–Crippen MR) is 224 cm³/mol. The molecular formula is C45H56Cl2SiZr-4. The van der Waals surface area contributed by atoms with Crippen molar-refractivity contribution in [3.8, 4) is 22.3 Å². The van der Waals surface area contributed by atoms with Crippen LogP contribution in [0.2, 0.25) is 0 Å². The van der Waals surface area contributed by atoms with Crippen molar-refractivity contribution in [1.82, 2.24) is 0 Å². The zero-order valence-electron chi connectivity index (χ0n) is 31.8. The summed E-state index contributed by atoms with van der Waals surface area (Å²) in [5.74, 6) is 0. The first-order valence-electron chi connectivity index (χ1n) is 16.1. The molecule has 0 unspecified atom stereocenters. The van der Waals surface area contributed by atoms with Crippen LogP contribution in [0, 0.1) is 35.6 Å². The second kappa shape index (κ2) is 19.4. The fourth-order valence-corrected chi connectivity index (χ4v) is 6.14. The summed E-state index contributed by atoms with van der Waals surface area (Å²) in [6, 6.07) is 36.6. The Bertz CT molecular complexity index is 1890. The van der Waals surface area contributed by atoms with Crippen LogP contribution in [0.1, 0.15) is 81.8 Å². The Kier molecular flexibility index (Phi) is 18.5. The molecule has 0 aliphatic carbocycles. The molecule has 4 heteroatoms. The molecule has 0 atom stereocenters. The van der Waals surface area contributed by atoms with Crippen molar-refractivity contribution in [3.05, 3.63) is 145 Å². The molecule has 0 amide bonds. The molecule has 6 rings (SSSR count). The van der Waals surface area contributed by atoms with Gasteiger partial charge in [-0.05, 0) is 53.4 Å². The summed E-state index contributed by atoms with van der Waals surface area (Å²) < 4.78 is 0. The van der Waals surface area contributed by atoms with E-state index >= 15 is 0 Å². The Morgan fingerprint density at radius 3 is 1.29 bits per heavy atom. The third-order valence-electron chi connectivity index (χ3n) is 8.67. The van der Waals surface area contributed by atoms with E-state index in [1.807, 2.05) is 0 Å². The van der Waals surface area contributed by atoms with Crippen LogP contribution < -0.4 is 0 Å². The molecule has 0 fully saturated rings. The Morgan fingerprint density at radius 1 is 0.551 bits per heavy atom. The average Bonchev–Trinajstić information content (AvgIpc) is 3.59. The van der Waals surface area contributed by atoms with Crippen molar-refractivity contribution in [1.29, 1.82) is 0 Å². The van der Waals surface area contributed by atoms with Gasteiger partial charge in [-0.25, -0.2) is 0 Å². The number of benzene rings is 4. The van der Waals surface area contributed by atoms with Crippen LogP contribution in [0.15, 0.2) is 97.1 Å². The fourth-order valence-electron chi connectivity index (χ4n) is 6.14. The van der Waals surface area contributed by atoms with Crippen molar-refractivity contribution in [2.75, 3.05) is 0 Å². The first kappa shape index (κ1) is 46.8. The van der Waals surface area contributed by atoms with Gasteiger partial charge in [-0.1, -0.05) is 138 Å². The molecule has 262 valence electrons. The maximum atomic E-state index is 3.06. The number of halogens is 2. The van der Waals surface area contributed by atoms with Crippen LogP contribution in [-0.2, 0) is 40.6 Å². The molecule has 0 N–H and O–H groups in total. The van der Waals surface area contributed by atoms with Crippen LogP contribution in [0.5, 0.6) is 0 Å². The van der Waals surface area contributed by atoms with Crippen LogP contribution in [0.4, 0.5) is 0 Å². The second-order valence-corrected chi connectivity index (χ2v) is 14.5. The SMILES string of the molecule is CCc1cc2c(-c3ccc(C(C)(C)C)cc3)cc(C)cc2[cH-]1.Cc1cc(-c2ccc(C(C)(C)C)cc2)c2cc(C)[cH-]c2c1.Cl.Cl.[CH3-].[CH3-].[Si]=[Zr]. The van der Waals surface area contributed by atoms with Gasteiger partial charge in [-0.15, -0.1) is 81.8 Å². The summed E-state index contributed by atoms with van der Waals surface area (Å²) in [6.45, 7) is 25.4. The Labute approximate surface area is 328 Å². The van der Waals surface area contributed by atoms with E-state index in [9.17, 15) is 0 Å². The van der Waals surface area contributed by atoms with E-state index < -0.39 is 0 Å². The monoisotopic (exact) mass is 784 g/mol. The minimum absolute atomic E-state index is 0. The molecular weight excluding hydrogens is 731 g/mol. The van der Waals surface area contributed by atoms with E-state index in [4.69, 9.17) is 0 Å². The number of fused-ring (bicyclic) bond motifs is 2. The van der Waals surface area contributed by atoms with E-state index in [-0.39, 0.29) is 50.5 Å². The van der Waals surface area contributed by atoms with Crippen molar-refractivity contribution >= 4 is 53.2 Å². The summed E-state index contributed by atoms with van der Waals surface area (Å²) in [4.78, 5) is 0. The second-order valence-electron chi connectivity index (χ2n) is 14.5. The van der Waals surface area contributed by atoms with E-state index in [2.05, 4.69) is 173 Å². The van der Waals surface area contributed by atoms with Crippen molar-refractivity contribution < 1.29 is 23.3 Å². The summed E-state index contributed by atoms with van der Waals surface area (Å²) in [5.41, 5.74) is 13.9. The number of rotatable bonds is 3. The van der Waals surface area contributed by atoms with Gasteiger partial charge in [0.15, 0.2) is 0 Å². The average molecular weight is 787 g/mol. The predicted octanol–water partition coefficient (Wildman–Crippen LogP) is 13.9. The number of aryl methyl sites for hydroxylation is 4. The zero-order valence-corrected chi connectivity index (χ0v) is 36.9. The van der Waals surface area contributed by atoms with Crippen molar-refractivity contribution in [2.24, 2.45) is 0 Å². The number of hydrogen-bond acceptors (Lipinski definition) is 0. The molecule has 0 aliphatic rings. The molecule has 0 saturated heterocycles. The van der Waals surface area contributed by atoms with Crippen LogP contribution >= 0.6 is 24.8 Å². The standard InChI is InChI=1S/C22H25.C21H23.2CH3.2ClH.Si.Zr/c1-6-16-13-18-11-15(2)12-20(21(18)14-16)17-7-9-19(10-8-17)22(3,4)5;1-14-10-17-11-15(2)13-20(17)19(12-14)16-6-8-18(9-7-16)21(3,4)5;;;;;;/h7-14H,6H2,1-5H3;6-13H,1-5H3;2*1H3;2*1H;;/q4*-1;;;;. The van der Waals surface area contributed by atoms with Gasteiger partial charge in [0.1, 0.15) is 0 Å². The molecule has 0 aliphatic heterocycles. The molecule has 0 spiro atoms. The van der Waals surface area contributed by atoms with E-state index in [0.29, 0.717) is 0 Å². The van der Waals surface area contributed by atoms with E-state index in [1.54, 1.807) is 0 Å². The third kappa shape index (κ3) is 11.4. The summed E-state index contributed by atoms with van der Waals surface area (Å²) in [6.07, 6.45) is 1.09. The van der Waals surface area contributed by atoms with Crippen LogP contribution in [-0.4, -0.2) is 6.88 Å². The Hall–Kier alpha value is -2.22. The molecule has 0 heterocycles. The normalized spacial score (nSPS) is 10.6. The van der Waals surface area contributed by atoms with Crippen molar-refractivity contribution in [2.45, 2.75) is 86.5 Å². The van der Waals surface area contributed by atoms with Crippen molar-refractivity contribution in [3.63, 3.8) is 0 Å². The fraction of sp³-hybridized carbons (Fsp3) is 0.289. The molecule has 6 aromatic rings. The quantitative estimate of drug-likeness (QED) is 0.124. The molecule has 0 nitrogen and oxygen atoms in total. The van der Waals surface area contributed by atoms with Gasteiger partial charge in [-0.3, -0.25) is 0 Å². The molecule has 49 heavy (non-hydrogen) atoms. The summed E-state index contributed by atoms with van der Waals surface area (Å²) >= 11 is 1.36. The van der Waals surface area contributed by atoms with Gasteiger partial charge in [0.05, 0.1) is 0 Å². The third-order valence-corrected chi connectivity index (χ3v) is 8.67. The van der Waals surface area contributed by atoms with Gasteiger partial charge in [0.25, 0.3) is 0 Å². The number of hydrogen-bond donors (Lipinski definition) is 0. The molecule has 0 bridgehead atoms. The van der Waals surface area contributed by atoms with Gasteiger partial charge in [0, 0.05) is 0 Å². The van der Waals surface area contributed by atoms with E-state index in [0.717, 1.165) is 6.42 Å². The van der Waals surface area contributed by atoms with Gasteiger partial charge >= 0.3 is 30.2 Å². The van der Waals surface area contributed by atoms with Crippen LogP contribution in [0.3, 0.4) is 0 Å². The Balaban J connectivity index is 0.000000831. The molecule has 0 aromatic heterocycles. The summed E-state index contributed by atoms with van der Waals surface area (Å²) in [7, 11) is 0. The first-order chi connectivity index (χ1) is 21.2. The first-order valence-corrected chi connectivity index (χ1v) is 20.3. The van der Waals surface area contributed by atoms with Gasteiger partial charge in [-0.2, -0.15) is 12.1 Å². The zero-order chi connectivity index (χ0) is 33.1. The molecule has 6 aromatic carbocycles. The van der Waals surface area contributed by atoms with Crippen LogP contribution in [0.25, 0.3) is 43.8 Å². The topological polar surface area (TPSA) is 0 Å². The minimum atomic E-state index is 0. The molecule has 2 radical (unpaired) electrons. The maximum absolute atomic E-state index is 3.06. The van der Waals surface area contributed by atoms with E-state index in [1.165, 1.54) is 101 Å².